The van der Waals surface area contributed by atoms with Gasteiger partial charge in [0.1, 0.15) is 5.75 Å². The maximum absolute atomic E-state index is 5.73. The minimum atomic E-state index is 0.629. The van der Waals surface area contributed by atoms with Crippen molar-refractivity contribution in [3.05, 3.63) is 28.2 Å². The second-order valence-electron chi connectivity index (χ2n) is 4.37. The lowest BCUT2D eigenvalue weighted by Crippen LogP contribution is -2.06. The molecule has 0 aromatic heterocycles. The highest BCUT2D eigenvalue weighted by atomic mass is 79.9. The topological polar surface area (TPSA) is 18.5 Å². The van der Waals surface area contributed by atoms with Crippen molar-refractivity contribution < 1.29 is 9.47 Å². The quantitative estimate of drug-likeness (QED) is 0.742. The highest BCUT2D eigenvalue weighted by molar-refractivity contribution is 9.10. The fourth-order valence-corrected chi connectivity index (χ4v) is 2.10. The average molecular weight is 301 g/mol. The number of rotatable bonds is 7. The summed E-state index contributed by atoms with van der Waals surface area (Å²) >= 11 is 3.52. The first-order valence-electron chi connectivity index (χ1n) is 6.07. The van der Waals surface area contributed by atoms with Gasteiger partial charge in [0.05, 0.1) is 13.7 Å². The van der Waals surface area contributed by atoms with Crippen molar-refractivity contribution in [2.24, 2.45) is 5.92 Å². The normalized spacial score (nSPS) is 12.5. The number of halogens is 1. The van der Waals surface area contributed by atoms with E-state index in [4.69, 9.17) is 9.47 Å². The number of hydrogen-bond donors (Lipinski definition) is 0. The van der Waals surface area contributed by atoms with Crippen LogP contribution in [0, 0.1) is 5.92 Å². The molecule has 0 aliphatic rings. The van der Waals surface area contributed by atoms with E-state index >= 15 is 0 Å². The van der Waals surface area contributed by atoms with Crippen LogP contribution < -0.4 is 4.74 Å². The van der Waals surface area contributed by atoms with Crippen molar-refractivity contribution in [3.8, 4) is 5.75 Å². The molecule has 0 aliphatic heterocycles. The van der Waals surface area contributed by atoms with Gasteiger partial charge < -0.3 is 9.47 Å². The Hall–Kier alpha value is -0.540. The van der Waals surface area contributed by atoms with E-state index in [0.717, 1.165) is 22.4 Å². The van der Waals surface area contributed by atoms with E-state index in [9.17, 15) is 0 Å². The molecule has 2 nitrogen and oxygen atoms in total. The first-order valence-corrected chi connectivity index (χ1v) is 6.86. The highest BCUT2D eigenvalue weighted by Gasteiger charge is 2.04. The van der Waals surface area contributed by atoms with Crippen LogP contribution in [-0.2, 0) is 11.3 Å². The zero-order chi connectivity index (χ0) is 12.7. The molecule has 1 aromatic carbocycles. The Morgan fingerprint density at radius 1 is 1.35 bits per heavy atom. The summed E-state index contributed by atoms with van der Waals surface area (Å²) in [5, 5.41) is 0. The molecular formula is C14H21BrO2. The summed E-state index contributed by atoms with van der Waals surface area (Å²) in [6.07, 6.45) is 2.44. The molecular weight excluding hydrogens is 280 g/mol. The molecule has 0 amide bonds. The number of ether oxygens (including phenoxy) is 2. The third kappa shape index (κ3) is 5.09. The van der Waals surface area contributed by atoms with Gasteiger partial charge in [0.2, 0.25) is 0 Å². The molecule has 3 heteroatoms. The average Bonchev–Trinajstić information content (AvgIpc) is 2.32. The van der Waals surface area contributed by atoms with Crippen LogP contribution in [0.5, 0.6) is 5.75 Å². The zero-order valence-corrected chi connectivity index (χ0v) is 12.4. The van der Waals surface area contributed by atoms with Crippen LogP contribution in [0.4, 0.5) is 0 Å². The molecule has 1 atom stereocenters. The minimum Gasteiger partial charge on any atom is -0.497 e. The van der Waals surface area contributed by atoms with E-state index in [-0.39, 0.29) is 0 Å². The molecule has 0 spiro atoms. The standard InChI is InChI=1S/C14H21BrO2/c1-4-5-11(2)9-17-10-12-8-13(16-3)6-7-14(12)15/h6-8,11H,4-5,9-10H2,1-3H3. The van der Waals surface area contributed by atoms with Crippen LogP contribution >= 0.6 is 15.9 Å². The molecule has 0 bridgehead atoms. The Kier molecular flexibility index (Phi) is 6.60. The van der Waals surface area contributed by atoms with Crippen LogP contribution in [0.1, 0.15) is 32.3 Å². The van der Waals surface area contributed by atoms with Gasteiger partial charge in [0.15, 0.2) is 0 Å². The van der Waals surface area contributed by atoms with Gasteiger partial charge in [-0.25, -0.2) is 0 Å². The largest absolute Gasteiger partial charge is 0.497 e. The fraction of sp³-hybridized carbons (Fsp3) is 0.571. The van der Waals surface area contributed by atoms with Gasteiger partial charge in [-0.3, -0.25) is 0 Å². The smallest absolute Gasteiger partial charge is 0.119 e. The fourth-order valence-electron chi connectivity index (χ4n) is 1.73. The summed E-state index contributed by atoms with van der Waals surface area (Å²) in [4.78, 5) is 0. The Morgan fingerprint density at radius 2 is 2.12 bits per heavy atom. The first kappa shape index (κ1) is 14.5. The Morgan fingerprint density at radius 3 is 2.76 bits per heavy atom. The lowest BCUT2D eigenvalue weighted by Gasteiger charge is -2.12. The van der Waals surface area contributed by atoms with E-state index in [0.29, 0.717) is 12.5 Å². The summed E-state index contributed by atoms with van der Waals surface area (Å²) in [7, 11) is 1.68. The van der Waals surface area contributed by atoms with E-state index in [1.807, 2.05) is 18.2 Å². The van der Waals surface area contributed by atoms with Crippen molar-refractivity contribution in [1.29, 1.82) is 0 Å². The number of benzene rings is 1. The third-order valence-corrected chi connectivity index (χ3v) is 3.47. The summed E-state index contributed by atoms with van der Waals surface area (Å²) < 4.78 is 12.0. The van der Waals surface area contributed by atoms with Crippen LogP contribution in [0.25, 0.3) is 0 Å². The van der Waals surface area contributed by atoms with E-state index < -0.39 is 0 Å². The molecule has 1 unspecified atom stereocenters. The highest BCUT2D eigenvalue weighted by Crippen LogP contribution is 2.23. The molecule has 0 aliphatic carbocycles. The summed E-state index contributed by atoms with van der Waals surface area (Å²) in [6.45, 7) is 5.88. The molecule has 1 rings (SSSR count). The van der Waals surface area contributed by atoms with E-state index in [2.05, 4.69) is 29.8 Å². The predicted molar refractivity (Wildman–Crippen MR) is 74.4 cm³/mol. The lowest BCUT2D eigenvalue weighted by atomic mass is 10.1. The van der Waals surface area contributed by atoms with Crippen LogP contribution in [0.15, 0.2) is 22.7 Å². The number of hydrogen-bond acceptors (Lipinski definition) is 2. The predicted octanol–water partition coefficient (Wildman–Crippen LogP) is 4.41. The van der Waals surface area contributed by atoms with Crippen molar-refractivity contribution in [1.82, 2.24) is 0 Å². The summed E-state index contributed by atoms with van der Waals surface area (Å²) in [5.74, 6) is 1.50. The van der Waals surface area contributed by atoms with Crippen LogP contribution in [-0.4, -0.2) is 13.7 Å². The summed E-state index contributed by atoms with van der Waals surface area (Å²) in [6, 6.07) is 5.94. The molecule has 0 fully saturated rings. The Bertz CT molecular complexity index is 339. The second-order valence-corrected chi connectivity index (χ2v) is 5.22. The van der Waals surface area contributed by atoms with Crippen LogP contribution in [0.2, 0.25) is 0 Å². The van der Waals surface area contributed by atoms with Gasteiger partial charge in [-0.1, -0.05) is 36.2 Å². The maximum Gasteiger partial charge on any atom is 0.119 e. The van der Waals surface area contributed by atoms with Crippen molar-refractivity contribution in [2.45, 2.75) is 33.3 Å². The molecule has 0 radical (unpaired) electrons. The van der Waals surface area contributed by atoms with Gasteiger partial charge in [0.25, 0.3) is 0 Å². The maximum atomic E-state index is 5.73. The van der Waals surface area contributed by atoms with E-state index in [1.54, 1.807) is 7.11 Å². The molecule has 0 saturated carbocycles. The second kappa shape index (κ2) is 7.72. The van der Waals surface area contributed by atoms with Gasteiger partial charge in [-0.2, -0.15) is 0 Å². The first-order chi connectivity index (χ1) is 8.17. The third-order valence-electron chi connectivity index (χ3n) is 2.69. The van der Waals surface area contributed by atoms with Gasteiger partial charge in [0, 0.05) is 11.1 Å². The molecule has 0 saturated heterocycles. The summed E-state index contributed by atoms with van der Waals surface area (Å²) in [5.41, 5.74) is 1.13. The number of methoxy groups -OCH3 is 1. The monoisotopic (exact) mass is 300 g/mol. The molecule has 0 N–H and O–H groups in total. The minimum absolute atomic E-state index is 0.629. The SMILES string of the molecule is CCCC(C)COCc1cc(OC)ccc1Br. The molecule has 17 heavy (non-hydrogen) atoms. The van der Waals surface area contributed by atoms with Crippen molar-refractivity contribution >= 4 is 15.9 Å². The zero-order valence-electron chi connectivity index (χ0n) is 10.8. The van der Waals surface area contributed by atoms with Gasteiger partial charge in [-0.05, 0) is 36.1 Å². The molecule has 1 aromatic rings. The Balaban J connectivity index is 2.45. The van der Waals surface area contributed by atoms with E-state index in [1.165, 1.54) is 12.8 Å². The van der Waals surface area contributed by atoms with Crippen LogP contribution in [0.3, 0.4) is 0 Å². The van der Waals surface area contributed by atoms with Gasteiger partial charge >= 0.3 is 0 Å². The lowest BCUT2D eigenvalue weighted by molar-refractivity contribution is 0.0889. The van der Waals surface area contributed by atoms with Crippen molar-refractivity contribution in [3.63, 3.8) is 0 Å². The van der Waals surface area contributed by atoms with Gasteiger partial charge in [-0.15, -0.1) is 0 Å². The van der Waals surface area contributed by atoms with Crippen molar-refractivity contribution in [2.75, 3.05) is 13.7 Å². The molecule has 0 heterocycles. The molecule has 96 valence electrons. The Labute approximate surface area is 112 Å².